The average molecular weight is 315 g/mol. The van der Waals surface area contributed by atoms with Gasteiger partial charge in [0.1, 0.15) is 5.75 Å². The molecule has 1 spiro atoms. The molecule has 1 N–H and O–H groups in total. The van der Waals surface area contributed by atoms with Gasteiger partial charge in [0.15, 0.2) is 5.96 Å². The van der Waals surface area contributed by atoms with Gasteiger partial charge in [-0.25, -0.2) is 0 Å². The first-order valence-corrected chi connectivity index (χ1v) is 8.81. The summed E-state index contributed by atoms with van der Waals surface area (Å²) in [5, 5.41) is 3.51. The van der Waals surface area contributed by atoms with Gasteiger partial charge in [-0.05, 0) is 56.2 Å². The van der Waals surface area contributed by atoms with E-state index in [0.29, 0.717) is 5.41 Å². The number of hydrogen-bond acceptors (Lipinski definition) is 2. The second-order valence-electron chi connectivity index (χ2n) is 7.24. The van der Waals surface area contributed by atoms with Gasteiger partial charge in [-0.1, -0.05) is 18.6 Å². The molecule has 0 aromatic heterocycles. The summed E-state index contributed by atoms with van der Waals surface area (Å²) in [6, 6.07) is 8.32. The van der Waals surface area contributed by atoms with E-state index in [9.17, 15) is 0 Å². The van der Waals surface area contributed by atoms with Gasteiger partial charge >= 0.3 is 0 Å². The van der Waals surface area contributed by atoms with E-state index in [1.807, 2.05) is 33.0 Å². The largest absolute Gasteiger partial charge is 0.491 e. The molecule has 0 bridgehead atoms. The Bertz CT molecular complexity index is 546. The SMILES string of the molecule is CN=C(NCc1ccc(OC(C)C)cc1)N1CCC2(CCC2)C1. The predicted molar refractivity (Wildman–Crippen MR) is 94.9 cm³/mol. The molecule has 0 atom stereocenters. The van der Waals surface area contributed by atoms with E-state index < -0.39 is 0 Å². The van der Waals surface area contributed by atoms with Crippen LogP contribution in [0.5, 0.6) is 5.75 Å². The van der Waals surface area contributed by atoms with Crippen LogP contribution in [0.2, 0.25) is 0 Å². The Morgan fingerprint density at radius 1 is 1.26 bits per heavy atom. The normalized spacial score (nSPS) is 20.0. The summed E-state index contributed by atoms with van der Waals surface area (Å²) in [5.74, 6) is 1.97. The van der Waals surface area contributed by atoms with E-state index in [2.05, 4.69) is 27.3 Å². The van der Waals surface area contributed by atoms with E-state index in [-0.39, 0.29) is 6.10 Å². The summed E-state index contributed by atoms with van der Waals surface area (Å²) in [6.45, 7) is 7.21. The van der Waals surface area contributed by atoms with Gasteiger partial charge in [0.05, 0.1) is 6.10 Å². The highest BCUT2D eigenvalue weighted by molar-refractivity contribution is 5.80. The van der Waals surface area contributed by atoms with Crippen molar-refractivity contribution in [3.8, 4) is 5.75 Å². The molecule has 2 aliphatic rings. The minimum atomic E-state index is 0.215. The maximum absolute atomic E-state index is 5.69. The summed E-state index contributed by atoms with van der Waals surface area (Å²) >= 11 is 0. The van der Waals surface area contributed by atoms with Gasteiger partial charge in [0.2, 0.25) is 0 Å². The van der Waals surface area contributed by atoms with Gasteiger partial charge in [-0.15, -0.1) is 0 Å². The molecular weight excluding hydrogens is 286 g/mol. The monoisotopic (exact) mass is 315 g/mol. The molecule has 126 valence electrons. The number of ether oxygens (including phenoxy) is 1. The molecule has 1 heterocycles. The quantitative estimate of drug-likeness (QED) is 0.683. The zero-order valence-electron chi connectivity index (χ0n) is 14.6. The Kier molecular flexibility index (Phi) is 4.79. The number of nitrogens with zero attached hydrogens (tertiary/aromatic N) is 2. The fourth-order valence-electron chi connectivity index (χ4n) is 3.67. The Labute approximate surface area is 139 Å². The van der Waals surface area contributed by atoms with Gasteiger partial charge in [0, 0.05) is 26.7 Å². The summed E-state index contributed by atoms with van der Waals surface area (Å²) < 4.78 is 5.69. The minimum Gasteiger partial charge on any atom is -0.491 e. The lowest BCUT2D eigenvalue weighted by atomic mass is 9.68. The summed E-state index contributed by atoms with van der Waals surface area (Å²) in [6.07, 6.45) is 5.75. The number of rotatable bonds is 4. The molecule has 1 saturated carbocycles. The predicted octanol–water partition coefficient (Wildman–Crippen LogP) is 3.43. The lowest BCUT2D eigenvalue weighted by molar-refractivity contribution is 0.151. The van der Waals surface area contributed by atoms with Crippen molar-refractivity contribution >= 4 is 5.96 Å². The molecule has 23 heavy (non-hydrogen) atoms. The van der Waals surface area contributed by atoms with Crippen molar-refractivity contribution in [1.29, 1.82) is 0 Å². The van der Waals surface area contributed by atoms with Crippen LogP contribution < -0.4 is 10.1 Å². The second-order valence-corrected chi connectivity index (χ2v) is 7.24. The lowest BCUT2D eigenvalue weighted by Crippen LogP contribution is -2.42. The fraction of sp³-hybridized carbons (Fsp3) is 0.632. The third kappa shape index (κ3) is 3.80. The Hall–Kier alpha value is -1.71. The third-order valence-corrected chi connectivity index (χ3v) is 5.11. The Morgan fingerprint density at radius 3 is 2.52 bits per heavy atom. The van der Waals surface area contributed by atoms with E-state index >= 15 is 0 Å². The van der Waals surface area contributed by atoms with Gasteiger partial charge < -0.3 is 15.0 Å². The first kappa shape index (κ1) is 16.2. The van der Waals surface area contributed by atoms with Crippen LogP contribution in [-0.4, -0.2) is 37.1 Å². The van der Waals surface area contributed by atoms with E-state index in [4.69, 9.17) is 4.74 Å². The highest BCUT2D eigenvalue weighted by Gasteiger charge is 2.43. The van der Waals surface area contributed by atoms with Crippen LogP contribution in [0.4, 0.5) is 0 Å². The van der Waals surface area contributed by atoms with Crippen LogP contribution in [0.15, 0.2) is 29.3 Å². The first-order chi connectivity index (χ1) is 11.1. The number of likely N-dealkylation sites (tertiary alicyclic amines) is 1. The number of aliphatic imine (C=N–C) groups is 1. The zero-order chi connectivity index (χ0) is 16.3. The fourth-order valence-corrected chi connectivity index (χ4v) is 3.67. The molecule has 1 saturated heterocycles. The van der Waals surface area contributed by atoms with Crippen molar-refractivity contribution in [2.24, 2.45) is 10.4 Å². The van der Waals surface area contributed by atoms with Gasteiger partial charge in [-0.2, -0.15) is 0 Å². The van der Waals surface area contributed by atoms with Crippen LogP contribution in [-0.2, 0) is 6.54 Å². The lowest BCUT2D eigenvalue weighted by Gasteiger charge is -2.38. The molecular formula is C19H29N3O. The van der Waals surface area contributed by atoms with Crippen molar-refractivity contribution in [3.05, 3.63) is 29.8 Å². The molecule has 0 unspecified atom stereocenters. The van der Waals surface area contributed by atoms with E-state index in [1.165, 1.54) is 37.8 Å². The molecule has 4 nitrogen and oxygen atoms in total. The smallest absolute Gasteiger partial charge is 0.193 e. The second kappa shape index (κ2) is 6.81. The van der Waals surface area contributed by atoms with Gasteiger partial charge in [0.25, 0.3) is 0 Å². The Morgan fingerprint density at radius 2 is 2.00 bits per heavy atom. The molecule has 4 heteroatoms. The molecule has 1 aromatic carbocycles. The topological polar surface area (TPSA) is 36.9 Å². The number of guanidine groups is 1. The molecule has 1 aliphatic carbocycles. The number of benzene rings is 1. The van der Waals surface area contributed by atoms with Crippen molar-refractivity contribution < 1.29 is 4.74 Å². The first-order valence-electron chi connectivity index (χ1n) is 8.81. The maximum Gasteiger partial charge on any atom is 0.193 e. The van der Waals surface area contributed by atoms with E-state index in [0.717, 1.165) is 24.8 Å². The molecule has 1 aliphatic heterocycles. The maximum atomic E-state index is 5.69. The van der Waals surface area contributed by atoms with Crippen molar-refractivity contribution in [3.63, 3.8) is 0 Å². The molecule has 0 radical (unpaired) electrons. The van der Waals surface area contributed by atoms with Crippen LogP contribution in [0.25, 0.3) is 0 Å². The molecule has 2 fully saturated rings. The average Bonchev–Trinajstić information content (AvgIpc) is 2.95. The number of nitrogens with one attached hydrogen (secondary N) is 1. The number of hydrogen-bond donors (Lipinski definition) is 1. The van der Waals surface area contributed by atoms with Crippen LogP contribution in [0.3, 0.4) is 0 Å². The zero-order valence-corrected chi connectivity index (χ0v) is 14.6. The van der Waals surface area contributed by atoms with Gasteiger partial charge in [-0.3, -0.25) is 4.99 Å². The summed E-state index contributed by atoms with van der Waals surface area (Å²) in [4.78, 5) is 6.90. The summed E-state index contributed by atoms with van der Waals surface area (Å²) in [5.41, 5.74) is 1.85. The van der Waals surface area contributed by atoms with E-state index in [1.54, 1.807) is 0 Å². The standard InChI is InChI=1S/C19H29N3O/c1-15(2)23-17-7-5-16(6-8-17)13-21-18(20-3)22-12-11-19(14-22)9-4-10-19/h5-8,15H,4,9-14H2,1-3H3,(H,20,21). The van der Waals surface area contributed by atoms with Crippen molar-refractivity contribution in [1.82, 2.24) is 10.2 Å². The van der Waals surface area contributed by atoms with Crippen LogP contribution >= 0.6 is 0 Å². The highest BCUT2D eigenvalue weighted by atomic mass is 16.5. The van der Waals surface area contributed by atoms with Crippen molar-refractivity contribution in [2.75, 3.05) is 20.1 Å². The van der Waals surface area contributed by atoms with Crippen LogP contribution in [0.1, 0.15) is 45.1 Å². The molecule has 3 rings (SSSR count). The van der Waals surface area contributed by atoms with Crippen LogP contribution in [0, 0.1) is 5.41 Å². The highest BCUT2D eigenvalue weighted by Crippen LogP contribution is 2.47. The molecule has 0 amide bonds. The minimum absolute atomic E-state index is 0.215. The summed E-state index contributed by atoms with van der Waals surface area (Å²) in [7, 11) is 1.88. The third-order valence-electron chi connectivity index (χ3n) is 5.11. The Balaban J connectivity index is 1.52. The molecule has 1 aromatic rings. The van der Waals surface area contributed by atoms with Crippen molar-refractivity contribution in [2.45, 2.75) is 52.2 Å².